The van der Waals surface area contributed by atoms with Gasteiger partial charge in [0.15, 0.2) is 6.61 Å². The lowest BCUT2D eigenvalue weighted by Crippen LogP contribution is -2.23. The Hall–Kier alpha value is -1.94. The number of hydrogen-bond donors (Lipinski definition) is 1. The second kappa shape index (κ2) is 9.32. The molecule has 146 valence electrons. The van der Waals surface area contributed by atoms with Crippen LogP contribution in [-0.2, 0) is 30.8 Å². The van der Waals surface area contributed by atoms with E-state index in [-0.39, 0.29) is 22.0 Å². The average molecular weight is 431 g/mol. The molecule has 1 N–H and O–H groups in total. The molecule has 1 aromatic heterocycles. The highest BCUT2D eigenvalue weighted by atomic mass is 35.5. The zero-order chi connectivity index (χ0) is 20.0. The molecule has 0 saturated heterocycles. The van der Waals surface area contributed by atoms with Gasteiger partial charge in [0, 0.05) is 24.7 Å². The van der Waals surface area contributed by atoms with Crippen molar-refractivity contribution in [3.05, 3.63) is 45.6 Å². The zero-order valence-electron chi connectivity index (χ0n) is 14.8. The van der Waals surface area contributed by atoms with Crippen molar-refractivity contribution in [2.24, 2.45) is 0 Å². The molecule has 0 fully saturated rings. The number of anilines is 1. The fourth-order valence-electron chi connectivity index (χ4n) is 2.07. The standard InChI is InChI=1S/C17H19ClN2O5S2/c1-20(2)27(23,24)15-10-12(5-7-14(15)18)19-16(21)11-25-17(22)8-6-13-4-3-9-26-13/h3-5,7,9-10H,6,8,11H2,1-2H3,(H,19,21). The van der Waals surface area contributed by atoms with E-state index in [1.807, 2.05) is 17.5 Å². The van der Waals surface area contributed by atoms with Crippen LogP contribution in [-0.4, -0.2) is 45.3 Å². The minimum Gasteiger partial charge on any atom is -0.456 e. The molecule has 0 aliphatic heterocycles. The van der Waals surface area contributed by atoms with E-state index in [1.54, 1.807) is 11.3 Å². The van der Waals surface area contributed by atoms with E-state index in [4.69, 9.17) is 16.3 Å². The van der Waals surface area contributed by atoms with Crippen molar-refractivity contribution in [1.82, 2.24) is 4.31 Å². The van der Waals surface area contributed by atoms with Crippen LogP contribution < -0.4 is 5.32 Å². The Balaban J connectivity index is 1.91. The van der Waals surface area contributed by atoms with Crippen LogP contribution in [0.1, 0.15) is 11.3 Å². The van der Waals surface area contributed by atoms with Crippen molar-refractivity contribution < 1.29 is 22.7 Å². The summed E-state index contributed by atoms with van der Waals surface area (Å²) in [4.78, 5) is 24.6. The molecule has 2 aromatic rings. The molecule has 27 heavy (non-hydrogen) atoms. The third-order valence-electron chi connectivity index (χ3n) is 3.49. The van der Waals surface area contributed by atoms with Gasteiger partial charge < -0.3 is 10.1 Å². The van der Waals surface area contributed by atoms with Gasteiger partial charge in [-0.15, -0.1) is 11.3 Å². The fraction of sp³-hybridized carbons (Fsp3) is 0.294. The Morgan fingerprint density at radius 2 is 2.00 bits per heavy atom. The molecule has 1 amide bonds. The Kier molecular flexibility index (Phi) is 7.37. The molecule has 1 heterocycles. The Bertz CT molecular complexity index is 911. The molecule has 0 saturated carbocycles. The number of amides is 1. The first kappa shape index (κ1) is 21.4. The van der Waals surface area contributed by atoms with E-state index in [0.29, 0.717) is 6.42 Å². The Labute approximate surface area is 166 Å². The molecule has 0 spiro atoms. The number of nitrogens with one attached hydrogen (secondary N) is 1. The topological polar surface area (TPSA) is 92.8 Å². The fourth-order valence-corrected chi connectivity index (χ4v) is 4.17. The predicted molar refractivity (Wildman–Crippen MR) is 105 cm³/mol. The smallest absolute Gasteiger partial charge is 0.306 e. The number of nitrogens with zero attached hydrogens (tertiary/aromatic N) is 1. The van der Waals surface area contributed by atoms with Gasteiger partial charge in [-0.05, 0) is 36.1 Å². The highest BCUT2D eigenvalue weighted by molar-refractivity contribution is 7.89. The number of hydrogen-bond acceptors (Lipinski definition) is 6. The molecular weight excluding hydrogens is 412 g/mol. The molecular formula is C17H19ClN2O5S2. The van der Waals surface area contributed by atoms with Gasteiger partial charge in [-0.25, -0.2) is 12.7 Å². The summed E-state index contributed by atoms with van der Waals surface area (Å²) in [5.41, 5.74) is 0.236. The molecule has 0 bridgehead atoms. The van der Waals surface area contributed by atoms with Crippen LogP contribution in [0.4, 0.5) is 5.69 Å². The Morgan fingerprint density at radius 3 is 2.63 bits per heavy atom. The van der Waals surface area contributed by atoms with E-state index < -0.39 is 28.5 Å². The summed E-state index contributed by atoms with van der Waals surface area (Å²) in [6.45, 7) is -0.457. The van der Waals surface area contributed by atoms with Gasteiger partial charge in [0.25, 0.3) is 5.91 Å². The third kappa shape index (κ3) is 6.03. The quantitative estimate of drug-likeness (QED) is 0.650. The number of thiophene rings is 1. The van der Waals surface area contributed by atoms with Crippen molar-refractivity contribution in [3.8, 4) is 0 Å². The summed E-state index contributed by atoms with van der Waals surface area (Å²) in [6.07, 6.45) is 0.737. The monoisotopic (exact) mass is 430 g/mol. The molecule has 0 radical (unpaired) electrons. The number of rotatable bonds is 8. The lowest BCUT2D eigenvalue weighted by Gasteiger charge is -2.14. The molecule has 2 rings (SSSR count). The normalized spacial score (nSPS) is 11.4. The van der Waals surface area contributed by atoms with E-state index >= 15 is 0 Å². The maximum atomic E-state index is 12.2. The number of carbonyl (C=O) groups excluding carboxylic acids is 2. The molecule has 0 unspecified atom stereocenters. The van der Waals surface area contributed by atoms with Gasteiger partial charge in [-0.3, -0.25) is 9.59 Å². The maximum Gasteiger partial charge on any atom is 0.306 e. The van der Waals surface area contributed by atoms with Crippen LogP contribution in [0.25, 0.3) is 0 Å². The van der Waals surface area contributed by atoms with Crippen molar-refractivity contribution in [3.63, 3.8) is 0 Å². The lowest BCUT2D eigenvalue weighted by atomic mass is 10.3. The minimum atomic E-state index is -3.75. The van der Waals surface area contributed by atoms with E-state index in [2.05, 4.69) is 5.32 Å². The lowest BCUT2D eigenvalue weighted by molar-refractivity contribution is -0.147. The number of benzene rings is 1. The third-order valence-corrected chi connectivity index (χ3v) is 6.73. The van der Waals surface area contributed by atoms with E-state index in [1.165, 1.54) is 32.3 Å². The SMILES string of the molecule is CN(C)S(=O)(=O)c1cc(NC(=O)COC(=O)CCc2cccs2)ccc1Cl. The zero-order valence-corrected chi connectivity index (χ0v) is 17.2. The van der Waals surface area contributed by atoms with Crippen LogP contribution in [0.2, 0.25) is 5.02 Å². The van der Waals surface area contributed by atoms with Gasteiger partial charge in [-0.2, -0.15) is 0 Å². The predicted octanol–water partition coefficient (Wildman–Crippen LogP) is 2.77. The number of carbonyl (C=O) groups is 2. The van der Waals surface area contributed by atoms with Crippen molar-refractivity contribution in [2.45, 2.75) is 17.7 Å². The van der Waals surface area contributed by atoms with Crippen LogP contribution >= 0.6 is 22.9 Å². The average Bonchev–Trinajstić information content (AvgIpc) is 3.13. The summed E-state index contributed by atoms with van der Waals surface area (Å²) < 4.78 is 30.4. The van der Waals surface area contributed by atoms with Gasteiger partial charge in [0.1, 0.15) is 4.90 Å². The summed E-state index contributed by atoms with van der Waals surface area (Å²) >= 11 is 7.50. The molecule has 1 aromatic carbocycles. The summed E-state index contributed by atoms with van der Waals surface area (Å²) in [5.74, 6) is -1.06. The molecule has 0 aliphatic rings. The first-order valence-electron chi connectivity index (χ1n) is 7.90. The van der Waals surface area contributed by atoms with Crippen LogP contribution in [0.5, 0.6) is 0 Å². The highest BCUT2D eigenvalue weighted by Gasteiger charge is 2.21. The Morgan fingerprint density at radius 1 is 1.26 bits per heavy atom. The summed E-state index contributed by atoms with van der Waals surface area (Å²) in [6, 6.07) is 7.92. The van der Waals surface area contributed by atoms with Crippen molar-refractivity contribution in [1.29, 1.82) is 0 Å². The minimum absolute atomic E-state index is 0.0432. The second-order valence-electron chi connectivity index (χ2n) is 5.72. The summed E-state index contributed by atoms with van der Waals surface area (Å²) in [5, 5.41) is 4.45. The second-order valence-corrected chi connectivity index (χ2v) is 9.28. The van der Waals surface area contributed by atoms with Gasteiger partial charge in [0.05, 0.1) is 11.4 Å². The van der Waals surface area contributed by atoms with Crippen molar-refractivity contribution >= 4 is 50.5 Å². The largest absolute Gasteiger partial charge is 0.456 e. The van der Waals surface area contributed by atoms with Gasteiger partial charge in [0.2, 0.25) is 10.0 Å². The number of sulfonamides is 1. The molecule has 0 atom stereocenters. The molecule has 10 heteroatoms. The highest BCUT2D eigenvalue weighted by Crippen LogP contribution is 2.26. The summed E-state index contributed by atoms with van der Waals surface area (Å²) in [7, 11) is -0.992. The van der Waals surface area contributed by atoms with Gasteiger partial charge >= 0.3 is 5.97 Å². The maximum absolute atomic E-state index is 12.2. The van der Waals surface area contributed by atoms with Crippen LogP contribution in [0.15, 0.2) is 40.6 Å². The number of ether oxygens (including phenoxy) is 1. The van der Waals surface area contributed by atoms with Crippen LogP contribution in [0.3, 0.4) is 0 Å². The first-order chi connectivity index (χ1) is 12.7. The number of halogens is 1. The molecule has 7 nitrogen and oxygen atoms in total. The number of esters is 1. The molecule has 0 aliphatic carbocycles. The van der Waals surface area contributed by atoms with Crippen molar-refractivity contribution in [2.75, 3.05) is 26.0 Å². The number of aryl methyl sites for hydroxylation is 1. The van der Waals surface area contributed by atoms with E-state index in [0.717, 1.165) is 9.18 Å². The van der Waals surface area contributed by atoms with E-state index in [9.17, 15) is 18.0 Å². The van der Waals surface area contributed by atoms with Gasteiger partial charge in [-0.1, -0.05) is 17.7 Å². The van der Waals surface area contributed by atoms with Crippen LogP contribution in [0, 0.1) is 0 Å². The first-order valence-corrected chi connectivity index (χ1v) is 10.6.